The first kappa shape index (κ1) is 15.8. The largest absolute Gasteiger partial charge is 0.508 e. The van der Waals surface area contributed by atoms with Gasteiger partial charge in [0.15, 0.2) is 0 Å². The number of ether oxygens (including phenoxy) is 1. The number of hydrogen-bond acceptors (Lipinski definition) is 3. The number of carbonyl (C=O) groups is 1. The van der Waals surface area contributed by atoms with E-state index in [1.54, 1.807) is 18.2 Å². The van der Waals surface area contributed by atoms with Crippen molar-refractivity contribution in [2.45, 2.75) is 19.8 Å². The summed E-state index contributed by atoms with van der Waals surface area (Å²) in [6, 6.07) is 13.0. The van der Waals surface area contributed by atoms with E-state index in [9.17, 15) is 9.90 Å². The molecular weight excluding hydrogens is 276 g/mol. The zero-order valence-electron chi connectivity index (χ0n) is 12.7. The molecule has 2 aromatic rings. The standard InChI is InChI=1S/C19H20O3/c1-3-12-22-19(21)13-15-6-5-7-18(17(15)4-2)14-8-10-16(20)11-9-14/h3,5-11,20H,1,4,12-13H2,2H3. The lowest BCUT2D eigenvalue weighted by Crippen LogP contribution is -2.10. The Labute approximate surface area is 130 Å². The van der Waals surface area contributed by atoms with Crippen LogP contribution in [0, 0.1) is 0 Å². The first-order chi connectivity index (χ1) is 10.7. The molecule has 0 amide bonds. The first-order valence-corrected chi connectivity index (χ1v) is 7.32. The maximum absolute atomic E-state index is 11.8. The predicted octanol–water partition coefficient (Wildman–Crippen LogP) is 3.89. The molecule has 0 saturated heterocycles. The van der Waals surface area contributed by atoms with Crippen molar-refractivity contribution in [3.63, 3.8) is 0 Å². The predicted molar refractivity (Wildman–Crippen MR) is 87.8 cm³/mol. The van der Waals surface area contributed by atoms with Crippen molar-refractivity contribution in [1.82, 2.24) is 0 Å². The molecule has 0 spiro atoms. The van der Waals surface area contributed by atoms with Gasteiger partial charge in [0.05, 0.1) is 6.42 Å². The van der Waals surface area contributed by atoms with Crippen LogP contribution in [0.4, 0.5) is 0 Å². The molecule has 22 heavy (non-hydrogen) atoms. The monoisotopic (exact) mass is 296 g/mol. The Bertz CT molecular complexity index is 657. The summed E-state index contributed by atoms with van der Waals surface area (Å²) in [5.74, 6) is -0.0107. The Kier molecular flexibility index (Phi) is 5.37. The zero-order chi connectivity index (χ0) is 15.9. The van der Waals surface area contributed by atoms with Gasteiger partial charge in [-0.3, -0.25) is 4.79 Å². The van der Waals surface area contributed by atoms with Crippen molar-refractivity contribution in [1.29, 1.82) is 0 Å². The minimum Gasteiger partial charge on any atom is -0.508 e. The normalized spacial score (nSPS) is 10.2. The average Bonchev–Trinajstić information content (AvgIpc) is 2.53. The zero-order valence-corrected chi connectivity index (χ0v) is 12.7. The Balaban J connectivity index is 2.32. The lowest BCUT2D eigenvalue weighted by molar-refractivity contribution is -0.141. The second-order valence-corrected chi connectivity index (χ2v) is 4.99. The molecule has 0 radical (unpaired) electrons. The fraction of sp³-hybridized carbons (Fsp3) is 0.211. The van der Waals surface area contributed by atoms with E-state index in [1.807, 2.05) is 30.3 Å². The number of esters is 1. The van der Waals surface area contributed by atoms with Crippen LogP contribution in [-0.4, -0.2) is 17.7 Å². The van der Waals surface area contributed by atoms with Gasteiger partial charge in [-0.15, -0.1) is 0 Å². The second-order valence-electron chi connectivity index (χ2n) is 4.99. The molecule has 3 nitrogen and oxygen atoms in total. The summed E-state index contributed by atoms with van der Waals surface area (Å²) in [6.45, 7) is 5.84. The molecule has 0 aliphatic carbocycles. The molecule has 0 atom stereocenters. The molecule has 114 valence electrons. The number of rotatable bonds is 6. The van der Waals surface area contributed by atoms with Gasteiger partial charge in [0.1, 0.15) is 12.4 Å². The van der Waals surface area contributed by atoms with E-state index in [0.29, 0.717) is 0 Å². The van der Waals surface area contributed by atoms with Crippen molar-refractivity contribution >= 4 is 5.97 Å². The topological polar surface area (TPSA) is 46.5 Å². The van der Waals surface area contributed by atoms with E-state index >= 15 is 0 Å². The maximum atomic E-state index is 11.8. The number of benzene rings is 2. The van der Waals surface area contributed by atoms with Crippen LogP contribution in [0.2, 0.25) is 0 Å². The Hall–Kier alpha value is -2.55. The molecule has 0 bridgehead atoms. The second kappa shape index (κ2) is 7.46. The summed E-state index contributed by atoms with van der Waals surface area (Å²) in [7, 11) is 0. The smallest absolute Gasteiger partial charge is 0.310 e. The molecule has 0 fully saturated rings. The van der Waals surface area contributed by atoms with Gasteiger partial charge in [-0.1, -0.05) is 49.9 Å². The van der Waals surface area contributed by atoms with Gasteiger partial charge in [-0.25, -0.2) is 0 Å². The third-order valence-corrected chi connectivity index (χ3v) is 3.50. The average molecular weight is 296 g/mol. The summed E-state index contributed by atoms with van der Waals surface area (Å²) in [5.41, 5.74) is 4.21. The molecular formula is C19H20O3. The minimum absolute atomic E-state index is 0.234. The number of phenolic OH excluding ortho intramolecular Hbond substituents is 1. The molecule has 2 rings (SSSR count). The van der Waals surface area contributed by atoms with Crippen LogP contribution in [0.3, 0.4) is 0 Å². The van der Waals surface area contributed by atoms with Crippen molar-refractivity contribution in [2.24, 2.45) is 0 Å². The lowest BCUT2D eigenvalue weighted by Gasteiger charge is -2.13. The number of phenols is 1. The van der Waals surface area contributed by atoms with Crippen molar-refractivity contribution < 1.29 is 14.6 Å². The van der Waals surface area contributed by atoms with E-state index < -0.39 is 0 Å². The Morgan fingerprint density at radius 3 is 2.59 bits per heavy atom. The highest BCUT2D eigenvalue weighted by Gasteiger charge is 2.12. The maximum Gasteiger partial charge on any atom is 0.310 e. The molecule has 2 aromatic carbocycles. The third-order valence-electron chi connectivity index (χ3n) is 3.50. The van der Waals surface area contributed by atoms with Gasteiger partial charge in [0.2, 0.25) is 0 Å². The highest BCUT2D eigenvalue weighted by Crippen LogP contribution is 2.28. The van der Waals surface area contributed by atoms with Crippen LogP contribution in [-0.2, 0) is 22.4 Å². The van der Waals surface area contributed by atoms with E-state index in [0.717, 1.165) is 28.7 Å². The fourth-order valence-electron chi connectivity index (χ4n) is 2.49. The Morgan fingerprint density at radius 2 is 1.95 bits per heavy atom. The number of carbonyl (C=O) groups excluding carboxylic acids is 1. The van der Waals surface area contributed by atoms with Gasteiger partial charge >= 0.3 is 5.97 Å². The Morgan fingerprint density at radius 1 is 1.23 bits per heavy atom. The van der Waals surface area contributed by atoms with E-state index in [-0.39, 0.29) is 24.7 Å². The van der Waals surface area contributed by atoms with Crippen LogP contribution >= 0.6 is 0 Å². The van der Waals surface area contributed by atoms with Crippen LogP contribution in [0.5, 0.6) is 5.75 Å². The van der Waals surface area contributed by atoms with Gasteiger partial charge < -0.3 is 9.84 Å². The summed E-state index contributed by atoms with van der Waals surface area (Å²) in [6.07, 6.45) is 2.63. The molecule has 1 N–H and O–H groups in total. The van der Waals surface area contributed by atoms with Crippen molar-refractivity contribution in [3.8, 4) is 16.9 Å². The van der Waals surface area contributed by atoms with E-state index in [1.165, 1.54) is 0 Å². The number of aromatic hydroxyl groups is 1. The highest BCUT2D eigenvalue weighted by atomic mass is 16.5. The summed E-state index contributed by atoms with van der Waals surface area (Å²) < 4.78 is 5.07. The molecule has 0 aliphatic heterocycles. The van der Waals surface area contributed by atoms with Crippen LogP contribution in [0.25, 0.3) is 11.1 Å². The van der Waals surface area contributed by atoms with Crippen LogP contribution in [0.15, 0.2) is 55.1 Å². The number of hydrogen-bond donors (Lipinski definition) is 1. The SMILES string of the molecule is C=CCOC(=O)Cc1cccc(-c2ccc(O)cc2)c1CC. The molecule has 0 aromatic heterocycles. The molecule has 0 aliphatic rings. The molecule has 3 heteroatoms. The summed E-state index contributed by atoms with van der Waals surface area (Å²) in [5, 5.41) is 9.42. The van der Waals surface area contributed by atoms with Crippen molar-refractivity contribution in [3.05, 3.63) is 66.2 Å². The van der Waals surface area contributed by atoms with E-state index in [2.05, 4.69) is 13.5 Å². The first-order valence-electron chi connectivity index (χ1n) is 7.32. The summed E-state index contributed by atoms with van der Waals surface area (Å²) >= 11 is 0. The highest BCUT2D eigenvalue weighted by molar-refractivity contribution is 5.76. The molecule has 0 saturated carbocycles. The molecule has 0 unspecified atom stereocenters. The fourth-order valence-corrected chi connectivity index (χ4v) is 2.49. The van der Waals surface area contributed by atoms with Crippen molar-refractivity contribution in [2.75, 3.05) is 6.61 Å². The molecule has 0 heterocycles. The van der Waals surface area contributed by atoms with Gasteiger partial charge in [0, 0.05) is 0 Å². The van der Waals surface area contributed by atoms with Crippen LogP contribution in [0.1, 0.15) is 18.1 Å². The lowest BCUT2D eigenvalue weighted by atomic mass is 9.92. The third kappa shape index (κ3) is 3.76. The van der Waals surface area contributed by atoms with Crippen LogP contribution < -0.4 is 0 Å². The summed E-state index contributed by atoms with van der Waals surface area (Å²) in [4.78, 5) is 11.8. The van der Waals surface area contributed by atoms with Gasteiger partial charge in [-0.05, 0) is 40.8 Å². The van der Waals surface area contributed by atoms with E-state index in [4.69, 9.17) is 4.74 Å². The minimum atomic E-state index is -0.252. The van der Waals surface area contributed by atoms with Gasteiger partial charge in [-0.2, -0.15) is 0 Å². The quantitative estimate of drug-likeness (QED) is 0.649. The van der Waals surface area contributed by atoms with Gasteiger partial charge in [0.25, 0.3) is 0 Å².